The number of Topliss-reactive ketones (excluding diaryl/α,β-unsaturated/α-hetero) is 1. The van der Waals surface area contributed by atoms with Gasteiger partial charge in [-0.15, -0.1) is 0 Å². The summed E-state index contributed by atoms with van der Waals surface area (Å²) in [5, 5.41) is 19.4. The summed E-state index contributed by atoms with van der Waals surface area (Å²) in [7, 11) is 0. The first-order valence-corrected chi connectivity index (χ1v) is 8.03. The van der Waals surface area contributed by atoms with Crippen molar-refractivity contribution in [2.45, 2.75) is 26.2 Å². The van der Waals surface area contributed by atoms with E-state index in [1.807, 2.05) is 36.4 Å². The second-order valence-electron chi connectivity index (χ2n) is 5.54. The van der Waals surface area contributed by atoms with Crippen LogP contribution in [-0.4, -0.2) is 23.5 Å². The number of nitriles is 1. The number of ether oxygens (including phenoxy) is 1. The van der Waals surface area contributed by atoms with Gasteiger partial charge in [0.2, 0.25) is 0 Å². The van der Waals surface area contributed by atoms with Gasteiger partial charge in [0.25, 0.3) is 0 Å². The average molecular weight is 337 g/mol. The zero-order chi connectivity index (χ0) is 18.2. The molecule has 0 saturated carbocycles. The summed E-state index contributed by atoms with van der Waals surface area (Å²) < 4.78 is 4.80. The Kier molecular flexibility index (Phi) is 6.30. The number of esters is 1. The van der Waals surface area contributed by atoms with Gasteiger partial charge in [-0.2, -0.15) is 5.26 Å². The zero-order valence-electron chi connectivity index (χ0n) is 14.0. The molecule has 25 heavy (non-hydrogen) atoms. The minimum absolute atomic E-state index is 0.0490. The molecular formula is C20H19NO4. The summed E-state index contributed by atoms with van der Waals surface area (Å²) in [5.74, 6) is -1.19. The molecule has 0 saturated heterocycles. The smallest absolute Gasteiger partial charge is 0.306 e. The lowest BCUT2D eigenvalue weighted by Gasteiger charge is -2.09. The van der Waals surface area contributed by atoms with Crippen LogP contribution < -0.4 is 0 Å². The van der Waals surface area contributed by atoms with Crippen molar-refractivity contribution in [2.24, 2.45) is 0 Å². The Balaban J connectivity index is 2.24. The van der Waals surface area contributed by atoms with Gasteiger partial charge < -0.3 is 9.84 Å². The fraction of sp³-hybridized carbons (Fsp3) is 0.250. The van der Waals surface area contributed by atoms with Crippen LogP contribution >= 0.6 is 0 Å². The average Bonchev–Trinajstić information content (AvgIpc) is 2.62. The third-order valence-electron chi connectivity index (χ3n) is 3.70. The van der Waals surface area contributed by atoms with E-state index in [0.717, 1.165) is 11.1 Å². The standard InChI is InChI=1S/C20H19NO4/c1-2-25-19(23)9-8-18(22)17-12-15(11-16(13-21)20(17)24)10-14-6-4-3-5-7-14/h3-7,11-12,24H,2,8-10H2,1H3. The third kappa shape index (κ3) is 4.92. The lowest BCUT2D eigenvalue weighted by molar-refractivity contribution is -0.143. The predicted molar refractivity (Wildman–Crippen MR) is 92.3 cm³/mol. The Morgan fingerprint density at radius 1 is 1.12 bits per heavy atom. The third-order valence-corrected chi connectivity index (χ3v) is 3.70. The maximum Gasteiger partial charge on any atom is 0.306 e. The molecule has 0 fully saturated rings. The van der Waals surface area contributed by atoms with Crippen molar-refractivity contribution >= 4 is 11.8 Å². The molecule has 2 aromatic carbocycles. The Morgan fingerprint density at radius 3 is 2.48 bits per heavy atom. The van der Waals surface area contributed by atoms with Crippen LogP contribution in [0.3, 0.4) is 0 Å². The molecule has 2 aromatic rings. The number of hydrogen-bond acceptors (Lipinski definition) is 5. The highest BCUT2D eigenvalue weighted by Gasteiger charge is 2.18. The molecule has 0 aromatic heterocycles. The number of benzene rings is 2. The molecule has 5 nitrogen and oxygen atoms in total. The number of ketones is 1. The normalized spacial score (nSPS) is 10.1. The number of hydrogen-bond donors (Lipinski definition) is 1. The largest absolute Gasteiger partial charge is 0.506 e. The van der Waals surface area contributed by atoms with E-state index in [2.05, 4.69) is 0 Å². The van der Waals surface area contributed by atoms with Crippen molar-refractivity contribution in [1.29, 1.82) is 5.26 Å². The van der Waals surface area contributed by atoms with Gasteiger partial charge in [0, 0.05) is 6.42 Å². The summed E-state index contributed by atoms with van der Waals surface area (Å²) in [5.41, 5.74) is 1.89. The molecule has 0 heterocycles. The van der Waals surface area contributed by atoms with Gasteiger partial charge in [-0.25, -0.2) is 0 Å². The summed E-state index contributed by atoms with van der Waals surface area (Å²) >= 11 is 0. The first-order chi connectivity index (χ1) is 12.0. The predicted octanol–water partition coefficient (Wildman–Crippen LogP) is 3.38. The zero-order valence-corrected chi connectivity index (χ0v) is 14.0. The molecule has 0 spiro atoms. The monoisotopic (exact) mass is 337 g/mol. The Labute approximate surface area is 146 Å². The van der Waals surface area contributed by atoms with Gasteiger partial charge in [0.15, 0.2) is 5.78 Å². The molecule has 128 valence electrons. The van der Waals surface area contributed by atoms with E-state index >= 15 is 0 Å². The van der Waals surface area contributed by atoms with Crippen LogP contribution in [0.2, 0.25) is 0 Å². The Hall–Kier alpha value is -3.13. The number of carbonyl (C=O) groups is 2. The van der Waals surface area contributed by atoms with E-state index in [-0.39, 0.29) is 36.3 Å². The number of phenolic OH excluding ortho intramolecular Hbond substituents is 1. The molecular weight excluding hydrogens is 318 g/mol. The Bertz CT molecular complexity index is 806. The summed E-state index contributed by atoms with van der Waals surface area (Å²) in [6.07, 6.45) is 0.400. The number of phenols is 1. The molecule has 0 atom stereocenters. The maximum atomic E-state index is 12.4. The van der Waals surface area contributed by atoms with Gasteiger partial charge in [-0.1, -0.05) is 30.3 Å². The molecule has 0 bridgehead atoms. The summed E-state index contributed by atoms with van der Waals surface area (Å²) in [4.78, 5) is 23.8. The first-order valence-electron chi connectivity index (χ1n) is 8.03. The second kappa shape index (κ2) is 8.65. The van der Waals surface area contributed by atoms with Gasteiger partial charge >= 0.3 is 5.97 Å². The lowest BCUT2D eigenvalue weighted by Crippen LogP contribution is -2.09. The van der Waals surface area contributed by atoms with Crippen LogP contribution in [-0.2, 0) is 16.0 Å². The fourth-order valence-corrected chi connectivity index (χ4v) is 2.51. The van der Waals surface area contributed by atoms with E-state index in [0.29, 0.717) is 6.42 Å². The quantitative estimate of drug-likeness (QED) is 0.618. The molecule has 0 aliphatic carbocycles. The molecule has 0 aliphatic heterocycles. The number of nitrogens with zero attached hydrogens (tertiary/aromatic N) is 1. The molecule has 0 amide bonds. The molecule has 0 radical (unpaired) electrons. The van der Waals surface area contributed by atoms with Crippen LogP contribution in [0.15, 0.2) is 42.5 Å². The van der Waals surface area contributed by atoms with E-state index in [9.17, 15) is 20.0 Å². The van der Waals surface area contributed by atoms with Crippen molar-refractivity contribution in [3.63, 3.8) is 0 Å². The number of rotatable bonds is 7. The number of aromatic hydroxyl groups is 1. The van der Waals surface area contributed by atoms with Crippen LogP contribution in [0.25, 0.3) is 0 Å². The van der Waals surface area contributed by atoms with Crippen LogP contribution in [0.4, 0.5) is 0 Å². The van der Waals surface area contributed by atoms with E-state index in [1.165, 1.54) is 0 Å². The molecule has 5 heteroatoms. The highest BCUT2D eigenvalue weighted by Crippen LogP contribution is 2.27. The lowest BCUT2D eigenvalue weighted by atomic mass is 9.96. The molecule has 2 rings (SSSR count). The summed E-state index contributed by atoms with van der Waals surface area (Å²) in [6.45, 7) is 1.95. The minimum atomic E-state index is -0.462. The van der Waals surface area contributed by atoms with Crippen LogP contribution in [0.1, 0.15) is 46.8 Å². The Morgan fingerprint density at radius 2 is 1.84 bits per heavy atom. The van der Waals surface area contributed by atoms with E-state index in [1.54, 1.807) is 19.1 Å². The van der Waals surface area contributed by atoms with Gasteiger partial charge in [-0.05, 0) is 36.6 Å². The highest BCUT2D eigenvalue weighted by atomic mass is 16.5. The van der Waals surface area contributed by atoms with Crippen LogP contribution in [0.5, 0.6) is 5.75 Å². The van der Waals surface area contributed by atoms with Crippen molar-refractivity contribution in [3.05, 3.63) is 64.7 Å². The first kappa shape index (κ1) is 18.2. The van der Waals surface area contributed by atoms with Crippen molar-refractivity contribution in [1.82, 2.24) is 0 Å². The maximum absolute atomic E-state index is 12.4. The van der Waals surface area contributed by atoms with Gasteiger partial charge in [-0.3, -0.25) is 9.59 Å². The summed E-state index contributed by atoms with van der Waals surface area (Å²) in [6, 6.07) is 14.7. The number of carbonyl (C=O) groups excluding carboxylic acids is 2. The molecule has 0 aliphatic rings. The van der Waals surface area contributed by atoms with Crippen LogP contribution in [0, 0.1) is 11.3 Å². The molecule has 0 unspecified atom stereocenters. The van der Waals surface area contributed by atoms with Crippen molar-refractivity contribution in [2.75, 3.05) is 6.61 Å². The van der Waals surface area contributed by atoms with Gasteiger partial charge in [0.1, 0.15) is 11.8 Å². The second-order valence-corrected chi connectivity index (χ2v) is 5.54. The van der Waals surface area contributed by atoms with E-state index in [4.69, 9.17) is 4.74 Å². The van der Waals surface area contributed by atoms with Crippen molar-refractivity contribution < 1.29 is 19.4 Å². The fourth-order valence-electron chi connectivity index (χ4n) is 2.51. The molecule has 1 N–H and O–H groups in total. The van der Waals surface area contributed by atoms with E-state index < -0.39 is 11.8 Å². The topological polar surface area (TPSA) is 87.4 Å². The van der Waals surface area contributed by atoms with Crippen molar-refractivity contribution in [3.8, 4) is 11.8 Å². The highest BCUT2D eigenvalue weighted by molar-refractivity contribution is 6.00. The van der Waals surface area contributed by atoms with Gasteiger partial charge in [0.05, 0.1) is 24.2 Å². The minimum Gasteiger partial charge on any atom is -0.506 e. The SMILES string of the molecule is CCOC(=O)CCC(=O)c1cc(Cc2ccccc2)cc(C#N)c1O.